The molecule has 19 heavy (non-hydrogen) atoms. The van der Waals surface area contributed by atoms with Gasteiger partial charge in [0.1, 0.15) is 0 Å². The summed E-state index contributed by atoms with van der Waals surface area (Å²) in [6, 6.07) is 6.22. The van der Waals surface area contributed by atoms with E-state index in [1.807, 2.05) is 23.0 Å². The van der Waals surface area contributed by atoms with Crippen molar-refractivity contribution in [1.82, 2.24) is 14.8 Å². The van der Waals surface area contributed by atoms with E-state index in [2.05, 4.69) is 36.9 Å². The van der Waals surface area contributed by atoms with Crippen LogP contribution in [0.3, 0.4) is 0 Å². The number of nitrogens with two attached hydrogens (primary N) is 1. The molecule has 102 valence electrons. The Hall–Kier alpha value is -1.68. The molecule has 4 heteroatoms. The van der Waals surface area contributed by atoms with Gasteiger partial charge in [-0.2, -0.15) is 5.10 Å². The lowest BCUT2D eigenvalue weighted by molar-refractivity contribution is 0.673. The Labute approximate surface area is 114 Å². The zero-order valence-corrected chi connectivity index (χ0v) is 11.9. The first kappa shape index (κ1) is 13.7. The Morgan fingerprint density at radius 2 is 2.00 bits per heavy atom. The van der Waals surface area contributed by atoms with Gasteiger partial charge in [-0.3, -0.25) is 4.98 Å². The van der Waals surface area contributed by atoms with E-state index in [1.54, 1.807) is 0 Å². The van der Waals surface area contributed by atoms with Gasteiger partial charge in [0.2, 0.25) is 0 Å². The van der Waals surface area contributed by atoms with Crippen molar-refractivity contribution in [2.75, 3.05) is 0 Å². The minimum absolute atomic E-state index is 0.0171. The molecule has 0 aliphatic carbocycles. The number of aryl methyl sites for hydroxylation is 2. The zero-order chi connectivity index (χ0) is 13.8. The molecule has 0 unspecified atom stereocenters. The average molecular weight is 258 g/mol. The molecule has 4 nitrogen and oxygen atoms in total. The van der Waals surface area contributed by atoms with E-state index in [1.165, 1.54) is 5.69 Å². The molecule has 2 aromatic heterocycles. The molecule has 0 radical (unpaired) electrons. The van der Waals surface area contributed by atoms with Crippen LogP contribution in [0.5, 0.6) is 0 Å². The number of pyridine rings is 1. The Morgan fingerprint density at radius 3 is 2.53 bits per heavy atom. The third-order valence-electron chi connectivity index (χ3n) is 3.39. The van der Waals surface area contributed by atoms with Crippen molar-refractivity contribution < 1.29 is 0 Å². The molecule has 0 aromatic carbocycles. The van der Waals surface area contributed by atoms with Crippen molar-refractivity contribution in [2.24, 2.45) is 5.73 Å². The monoisotopic (exact) mass is 258 g/mol. The molecule has 2 rings (SSSR count). The highest BCUT2D eigenvalue weighted by Crippen LogP contribution is 2.16. The summed E-state index contributed by atoms with van der Waals surface area (Å²) in [4.78, 5) is 4.45. The number of hydrogen-bond acceptors (Lipinski definition) is 3. The summed E-state index contributed by atoms with van der Waals surface area (Å²) >= 11 is 0. The molecule has 0 fully saturated rings. The van der Waals surface area contributed by atoms with Gasteiger partial charge >= 0.3 is 0 Å². The van der Waals surface area contributed by atoms with E-state index in [0.717, 1.165) is 36.3 Å². The number of rotatable bonds is 5. The molecule has 0 aliphatic heterocycles. The second kappa shape index (κ2) is 5.97. The van der Waals surface area contributed by atoms with Crippen LogP contribution in [0, 0.1) is 0 Å². The smallest absolute Gasteiger partial charge is 0.0832 e. The molecule has 0 amide bonds. The number of hydrogen-bond donors (Lipinski definition) is 1. The summed E-state index contributed by atoms with van der Waals surface area (Å²) in [5.41, 5.74) is 10.3. The van der Waals surface area contributed by atoms with Crippen LogP contribution in [0.4, 0.5) is 0 Å². The summed E-state index contributed by atoms with van der Waals surface area (Å²) in [5, 5.41) is 4.61. The van der Waals surface area contributed by atoms with E-state index in [4.69, 9.17) is 5.73 Å². The third kappa shape index (κ3) is 2.84. The first-order valence-electron chi connectivity index (χ1n) is 6.99. The minimum atomic E-state index is 0.0171. The first-order valence-corrected chi connectivity index (χ1v) is 6.99. The molecule has 0 bridgehead atoms. The molecule has 2 aromatic rings. The maximum Gasteiger partial charge on any atom is 0.0832 e. The van der Waals surface area contributed by atoms with Crippen molar-refractivity contribution >= 4 is 0 Å². The average Bonchev–Trinajstić information content (AvgIpc) is 2.90. The Balaban J connectivity index is 2.34. The Kier molecular flexibility index (Phi) is 4.32. The summed E-state index contributed by atoms with van der Waals surface area (Å²) < 4.78 is 1.98. The predicted molar refractivity (Wildman–Crippen MR) is 77.3 cm³/mol. The van der Waals surface area contributed by atoms with Crippen molar-refractivity contribution in [2.45, 2.75) is 46.1 Å². The molecule has 0 saturated carbocycles. The van der Waals surface area contributed by atoms with Crippen molar-refractivity contribution in [1.29, 1.82) is 0 Å². The van der Waals surface area contributed by atoms with Gasteiger partial charge in [0.15, 0.2) is 0 Å². The summed E-state index contributed by atoms with van der Waals surface area (Å²) in [5.74, 6) is 0. The van der Waals surface area contributed by atoms with Crippen LogP contribution >= 0.6 is 0 Å². The van der Waals surface area contributed by atoms with E-state index in [0.29, 0.717) is 0 Å². The van der Waals surface area contributed by atoms with E-state index < -0.39 is 0 Å². The summed E-state index contributed by atoms with van der Waals surface area (Å²) in [6.45, 7) is 6.33. The molecule has 2 N–H and O–H groups in total. The van der Waals surface area contributed by atoms with Crippen LogP contribution in [0.2, 0.25) is 0 Å². The van der Waals surface area contributed by atoms with Crippen LogP contribution in [-0.2, 0) is 12.8 Å². The maximum atomic E-state index is 5.98. The lowest BCUT2D eigenvalue weighted by Gasteiger charge is -2.10. The van der Waals surface area contributed by atoms with Crippen molar-refractivity contribution in [3.63, 3.8) is 0 Å². The highest BCUT2D eigenvalue weighted by molar-refractivity contribution is 5.32. The van der Waals surface area contributed by atoms with Crippen LogP contribution in [-0.4, -0.2) is 14.8 Å². The highest BCUT2D eigenvalue weighted by Gasteiger charge is 2.09. The van der Waals surface area contributed by atoms with Gasteiger partial charge in [-0.15, -0.1) is 0 Å². The summed E-state index contributed by atoms with van der Waals surface area (Å²) in [6.07, 6.45) is 4.67. The van der Waals surface area contributed by atoms with Crippen LogP contribution in [0.25, 0.3) is 5.69 Å². The second-order valence-corrected chi connectivity index (χ2v) is 4.70. The largest absolute Gasteiger partial charge is 0.323 e. The quantitative estimate of drug-likeness (QED) is 0.897. The van der Waals surface area contributed by atoms with E-state index in [-0.39, 0.29) is 6.04 Å². The van der Waals surface area contributed by atoms with Gasteiger partial charge in [0, 0.05) is 11.7 Å². The van der Waals surface area contributed by atoms with Crippen LogP contribution in [0.1, 0.15) is 50.3 Å². The second-order valence-electron chi connectivity index (χ2n) is 4.70. The highest BCUT2D eigenvalue weighted by atomic mass is 15.3. The van der Waals surface area contributed by atoms with Gasteiger partial charge < -0.3 is 5.73 Å². The lowest BCUT2D eigenvalue weighted by atomic mass is 10.1. The maximum absolute atomic E-state index is 5.98. The van der Waals surface area contributed by atoms with Gasteiger partial charge in [0.25, 0.3) is 0 Å². The fourth-order valence-electron chi connectivity index (χ4n) is 2.07. The minimum Gasteiger partial charge on any atom is -0.323 e. The topological polar surface area (TPSA) is 56.7 Å². The third-order valence-corrected chi connectivity index (χ3v) is 3.39. The predicted octanol–water partition coefficient (Wildman–Crippen LogP) is 2.80. The van der Waals surface area contributed by atoms with E-state index >= 15 is 0 Å². The summed E-state index contributed by atoms with van der Waals surface area (Å²) in [7, 11) is 0. The van der Waals surface area contributed by atoms with Gasteiger partial charge in [-0.1, -0.05) is 20.8 Å². The normalized spacial score (nSPS) is 12.6. The number of nitrogens with zero attached hydrogens (tertiary/aromatic N) is 3. The van der Waals surface area contributed by atoms with Crippen molar-refractivity contribution in [3.8, 4) is 5.69 Å². The lowest BCUT2D eigenvalue weighted by Crippen LogP contribution is -2.11. The molecular formula is C15H22N4. The first-order chi connectivity index (χ1) is 9.19. The molecule has 0 saturated heterocycles. The van der Waals surface area contributed by atoms with Crippen molar-refractivity contribution in [3.05, 3.63) is 41.5 Å². The van der Waals surface area contributed by atoms with Gasteiger partial charge in [0.05, 0.1) is 23.3 Å². The SMILES string of the molecule is CCc1cc(CC)n(-c2ccc([C@@H](N)CC)nc2)n1. The van der Waals surface area contributed by atoms with Gasteiger partial charge in [-0.25, -0.2) is 4.68 Å². The van der Waals surface area contributed by atoms with E-state index in [9.17, 15) is 0 Å². The van der Waals surface area contributed by atoms with Crippen LogP contribution in [0.15, 0.2) is 24.4 Å². The molecule has 0 spiro atoms. The molecule has 1 atom stereocenters. The standard InChI is InChI=1S/C15H22N4/c1-4-11-9-12(5-2)19(18-11)13-7-8-15(17-10-13)14(16)6-3/h7-10,14H,4-6,16H2,1-3H3/t14-/m0/s1. The van der Waals surface area contributed by atoms with Crippen LogP contribution < -0.4 is 5.73 Å². The number of aromatic nitrogens is 3. The zero-order valence-electron chi connectivity index (χ0n) is 11.9. The Morgan fingerprint density at radius 1 is 1.21 bits per heavy atom. The fourth-order valence-corrected chi connectivity index (χ4v) is 2.07. The Bertz CT molecular complexity index is 528. The molecular weight excluding hydrogens is 236 g/mol. The molecule has 0 aliphatic rings. The van der Waals surface area contributed by atoms with Gasteiger partial charge in [-0.05, 0) is 37.5 Å². The molecule has 2 heterocycles. The fraction of sp³-hybridized carbons (Fsp3) is 0.467.